The summed E-state index contributed by atoms with van der Waals surface area (Å²) in [5.74, 6) is 1.46. The van der Waals surface area contributed by atoms with E-state index < -0.39 is 6.10 Å². The summed E-state index contributed by atoms with van der Waals surface area (Å²) in [4.78, 5) is 2.25. The molecule has 3 aromatic rings. The SMILES string of the molecule is Cc1ccc(Oc2c(CN(CC(O)COC(C)(C)C)CC3CCCO3)c(-c3ccccc3)nn2C)cc1. The summed E-state index contributed by atoms with van der Waals surface area (Å²) in [6, 6.07) is 18.2. The van der Waals surface area contributed by atoms with Crippen LogP contribution in [0.15, 0.2) is 54.6 Å². The third-order valence-corrected chi connectivity index (χ3v) is 6.42. The second-order valence-corrected chi connectivity index (χ2v) is 10.9. The Morgan fingerprint density at radius 1 is 1.14 bits per heavy atom. The lowest BCUT2D eigenvalue weighted by atomic mass is 10.1. The molecule has 0 aliphatic carbocycles. The third-order valence-electron chi connectivity index (χ3n) is 6.42. The van der Waals surface area contributed by atoms with Gasteiger partial charge < -0.3 is 19.3 Å². The van der Waals surface area contributed by atoms with E-state index in [0.717, 1.165) is 48.6 Å². The normalized spacial score (nSPS) is 16.9. The van der Waals surface area contributed by atoms with Gasteiger partial charge in [0, 0.05) is 38.9 Å². The molecule has 0 bridgehead atoms. The smallest absolute Gasteiger partial charge is 0.222 e. The number of hydrogen-bond acceptors (Lipinski definition) is 6. The molecule has 2 aromatic carbocycles. The number of hydrogen-bond donors (Lipinski definition) is 1. The Balaban J connectivity index is 1.64. The van der Waals surface area contributed by atoms with Gasteiger partial charge >= 0.3 is 0 Å². The summed E-state index contributed by atoms with van der Waals surface area (Å²) in [5.41, 5.74) is 3.76. The van der Waals surface area contributed by atoms with Gasteiger partial charge in [0.15, 0.2) is 0 Å². The number of rotatable bonds is 11. The fourth-order valence-corrected chi connectivity index (χ4v) is 4.57. The molecule has 1 N–H and O–H groups in total. The van der Waals surface area contributed by atoms with Crippen LogP contribution in [0.25, 0.3) is 11.3 Å². The molecule has 1 saturated heterocycles. The van der Waals surface area contributed by atoms with Crippen molar-refractivity contribution in [3.63, 3.8) is 0 Å². The maximum atomic E-state index is 10.9. The van der Waals surface area contributed by atoms with Crippen molar-refractivity contribution in [1.82, 2.24) is 14.7 Å². The molecule has 2 atom stereocenters. The van der Waals surface area contributed by atoms with Gasteiger partial charge in [-0.2, -0.15) is 5.10 Å². The molecule has 1 aliphatic heterocycles. The van der Waals surface area contributed by atoms with Crippen LogP contribution in [-0.4, -0.2) is 63.9 Å². The number of aryl methyl sites for hydroxylation is 2. The Kier molecular flexibility index (Phi) is 9.03. The van der Waals surface area contributed by atoms with E-state index in [-0.39, 0.29) is 18.3 Å². The first-order valence-electron chi connectivity index (χ1n) is 13.2. The van der Waals surface area contributed by atoms with Crippen molar-refractivity contribution in [3.8, 4) is 22.9 Å². The fourth-order valence-electron chi connectivity index (χ4n) is 4.57. The van der Waals surface area contributed by atoms with Crippen molar-refractivity contribution in [3.05, 3.63) is 65.7 Å². The average molecular weight is 508 g/mol. The van der Waals surface area contributed by atoms with E-state index in [9.17, 15) is 5.11 Å². The van der Waals surface area contributed by atoms with E-state index in [2.05, 4.69) is 24.0 Å². The van der Waals surface area contributed by atoms with Crippen molar-refractivity contribution < 1.29 is 19.3 Å². The number of benzene rings is 2. The van der Waals surface area contributed by atoms with Crippen LogP contribution in [0.5, 0.6) is 11.6 Å². The molecule has 200 valence electrons. The van der Waals surface area contributed by atoms with Crippen LogP contribution in [0, 0.1) is 6.92 Å². The molecule has 37 heavy (non-hydrogen) atoms. The zero-order chi connectivity index (χ0) is 26.4. The van der Waals surface area contributed by atoms with Gasteiger partial charge in [-0.15, -0.1) is 0 Å². The van der Waals surface area contributed by atoms with Crippen LogP contribution in [-0.2, 0) is 23.1 Å². The zero-order valence-electron chi connectivity index (χ0n) is 22.8. The number of aromatic nitrogens is 2. The van der Waals surface area contributed by atoms with Gasteiger partial charge in [0.1, 0.15) is 11.4 Å². The number of aliphatic hydroxyl groups is 1. The molecule has 2 unspecified atom stereocenters. The summed E-state index contributed by atoms with van der Waals surface area (Å²) in [7, 11) is 1.91. The van der Waals surface area contributed by atoms with Gasteiger partial charge in [-0.3, -0.25) is 4.90 Å². The van der Waals surface area contributed by atoms with Gasteiger partial charge in [0.2, 0.25) is 5.88 Å². The van der Waals surface area contributed by atoms with E-state index in [0.29, 0.717) is 19.0 Å². The Labute approximate surface area is 221 Å². The molecular formula is C30H41N3O4. The summed E-state index contributed by atoms with van der Waals surface area (Å²) in [5, 5.41) is 15.8. The van der Waals surface area contributed by atoms with Gasteiger partial charge in [-0.05, 0) is 52.7 Å². The topological polar surface area (TPSA) is 69.0 Å². The first kappa shape index (κ1) is 27.3. The number of nitrogens with zero attached hydrogens (tertiary/aromatic N) is 3. The van der Waals surface area contributed by atoms with E-state index in [1.807, 2.05) is 70.3 Å². The average Bonchev–Trinajstić information content (AvgIpc) is 3.48. The molecule has 0 saturated carbocycles. The molecule has 1 aliphatic rings. The minimum atomic E-state index is -0.626. The maximum Gasteiger partial charge on any atom is 0.222 e. The lowest BCUT2D eigenvalue weighted by Gasteiger charge is -2.29. The highest BCUT2D eigenvalue weighted by Gasteiger charge is 2.27. The quantitative estimate of drug-likeness (QED) is 0.378. The van der Waals surface area contributed by atoms with Crippen molar-refractivity contribution >= 4 is 0 Å². The van der Waals surface area contributed by atoms with Gasteiger partial charge in [-0.25, -0.2) is 4.68 Å². The van der Waals surface area contributed by atoms with E-state index in [4.69, 9.17) is 19.3 Å². The standard InChI is InChI=1S/C30H41N3O4/c1-22-13-15-25(16-14-22)37-29-27(28(31-32(29)5)23-10-7-6-8-11-23)20-33(19-26-12-9-17-35-26)18-24(34)21-36-30(2,3)4/h6-8,10-11,13-16,24,26,34H,9,12,17-21H2,1-5H3. The van der Waals surface area contributed by atoms with Crippen molar-refractivity contribution in [2.45, 2.75) is 64.9 Å². The van der Waals surface area contributed by atoms with Gasteiger partial charge in [0.05, 0.1) is 30.0 Å². The summed E-state index contributed by atoms with van der Waals surface area (Å²) < 4.78 is 20.1. The summed E-state index contributed by atoms with van der Waals surface area (Å²) in [6.45, 7) is 10.9. The van der Waals surface area contributed by atoms with Gasteiger partial charge in [-0.1, -0.05) is 48.0 Å². The highest BCUT2D eigenvalue weighted by Crippen LogP contribution is 2.34. The predicted molar refractivity (Wildman–Crippen MR) is 146 cm³/mol. The monoisotopic (exact) mass is 507 g/mol. The molecular weight excluding hydrogens is 466 g/mol. The molecule has 4 rings (SSSR count). The first-order chi connectivity index (χ1) is 17.7. The first-order valence-corrected chi connectivity index (χ1v) is 13.2. The molecule has 1 fully saturated rings. The Bertz CT molecular complexity index is 1120. The minimum absolute atomic E-state index is 0.147. The van der Waals surface area contributed by atoms with Crippen molar-refractivity contribution in [2.75, 3.05) is 26.3 Å². The summed E-state index contributed by atoms with van der Waals surface area (Å²) in [6.07, 6.45) is 1.61. The molecule has 7 heteroatoms. The second kappa shape index (κ2) is 12.2. The van der Waals surface area contributed by atoms with Crippen LogP contribution < -0.4 is 4.74 Å². The second-order valence-electron chi connectivity index (χ2n) is 10.9. The van der Waals surface area contributed by atoms with Crippen molar-refractivity contribution in [2.24, 2.45) is 7.05 Å². The molecule has 0 amide bonds. The van der Waals surface area contributed by atoms with Crippen molar-refractivity contribution in [1.29, 1.82) is 0 Å². The lowest BCUT2D eigenvalue weighted by Crippen LogP contribution is -2.40. The van der Waals surface area contributed by atoms with Crippen LogP contribution in [0.4, 0.5) is 0 Å². The van der Waals surface area contributed by atoms with E-state index in [1.165, 1.54) is 5.56 Å². The van der Waals surface area contributed by atoms with Gasteiger partial charge in [0.25, 0.3) is 0 Å². The zero-order valence-corrected chi connectivity index (χ0v) is 22.8. The predicted octanol–water partition coefficient (Wildman–Crippen LogP) is 5.34. The van der Waals surface area contributed by atoms with Crippen LogP contribution in [0.1, 0.15) is 44.7 Å². The minimum Gasteiger partial charge on any atom is -0.439 e. The lowest BCUT2D eigenvalue weighted by molar-refractivity contribution is -0.0594. The van der Waals surface area contributed by atoms with Crippen LogP contribution >= 0.6 is 0 Å². The van der Waals surface area contributed by atoms with Crippen LogP contribution in [0.2, 0.25) is 0 Å². The Hall–Kier alpha value is -2.71. The van der Waals surface area contributed by atoms with Crippen LogP contribution in [0.3, 0.4) is 0 Å². The summed E-state index contributed by atoms with van der Waals surface area (Å²) >= 11 is 0. The number of aliphatic hydroxyl groups excluding tert-OH is 1. The third kappa shape index (κ3) is 7.89. The number of ether oxygens (including phenoxy) is 3. The molecule has 1 aromatic heterocycles. The molecule has 2 heterocycles. The molecule has 0 spiro atoms. The largest absolute Gasteiger partial charge is 0.439 e. The fraction of sp³-hybridized carbons (Fsp3) is 0.500. The molecule has 7 nitrogen and oxygen atoms in total. The van der Waals surface area contributed by atoms with E-state index in [1.54, 1.807) is 4.68 Å². The Morgan fingerprint density at radius 3 is 2.51 bits per heavy atom. The highest BCUT2D eigenvalue weighted by atomic mass is 16.5. The molecule has 0 radical (unpaired) electrons. The maximum absolute atomic E-state index is 10.9. The highest BCUT2D eigenvalue weighted by molar-refractivity contribution is 5.65. The van der Waals surface area contributed by atoms with E-state index >= 15 is 0 Å². The Morgan fingerprint density at radius 2 is 1.86 bits per heavy atom.